The monoisotopic (exact) mass is 624 g/mol. The Labute approximate surface area is 272 Å². The summed E-state index contributed by atoms with van der Waals surface area (Å²) in [5, 5.41) is 10.7. The first-order valence-corrected chi connectivity index (χ1v) is 16.0. The largest absolute Gasteiger partial charge is 0.491 e. The molecule has 0 amide bonds. The lowest BCUT2D eigenvalue weighted by Gasteiger charge is -2.27. The molecule has 0 radical (unpaired) electrons. The lowest BCUT2D eigenvalue weighted by molar-refractivity contribution is 0.0625. The third kappa shape index (κ3) is 8.21. The highest BCUT2D eigenvalue weighted by Gasteiger charge is 2.27. The quantitative estimate of drug-likeness (QED) is 0.139. The number of benzene rings is 4. The minimum Gasteiger partial charge on any atom is -0.491 e. The average molecular weight is 625 g/mol. The normalized spacial score (nSPS) is 18.0. The van der Waals surface area contributed by atoms with Gasteiger partial charge in [-0.2, -0.15) is 0 Å². The minimum absolute atomic E-state index is 0.118. The molecule has 2 aliphatic rings. The first-order valence-electron chi connectivity index (χ1n) is 16.0. The Morgan fingerprint density at radius 2 is 0.957 bits per heavy atom. The topological polar surface area (TPSA) is 82.2 Å². The fraction of sp³-hybridized carbons (Fsp3) is 0.385. The SMILES string of the molecule is CC(C)(c1ccc(OCC2CO2)cc1)c1cccc(OCC(O)COc2cccc(C(C)(C)c3ccc(OCC4CO4)cc3)c2)c1. The fourth-order valence-corrected chi connectivity index (χ4v) is 5.36. The van der Waals surface area contributed by atoms with E-state index < -0.39 is 6.10 Å². The van der Waals surface area contributed by atoms with Crippen LogP contribution in [0.3, 0.4) is 0 Å². The van der Waals surface area contributed by atoms with Gasteiger partial charge in [-0.3, -0.25) is 0 Å². The third-order valence-electron chi connectivity index (χ3n) is 8.82. The summed E-state index contributed by atoms with van der Waals surface area (Å²) in [4.78, 5) is 0. The summed E-state index contributed by atoms with van der Waals surface area (Å²) in [6.07, 6.45) is -0.331. The van der Waals surface area contributed by atoms with Crippen LogP contribution < -0.4 is 18.9 Å². The van der Waals surface area contributed by atoms with Crippen LogP contribution in [0.25, 0.3) is 0 Å². The third-order valence-corrected chi connectivity index (χ3v) is 8.82. The molecule has 6 rings (SSSR count). The number of hydrogen-bond donors (Lipinski definition) is 1. The maximum absolute atomic E-state index is 10.7. The standard InChI is InChI=1S/C39H44O7/c1-38(2,27-11-15-32(16-12-27)43-23-36-25-45-36)29-7-5-9-34(19-29)41-21-31(40)22-42-35-10-6-8-30(20-35)39(3,4)28-13-17-33(18-14-28)44-24-37-26-46-37/h5-20,31,36-37,40H,21-26H2,1-4H3. The van der Waals surface area contributed by atoms with Crippen molar-refractivity contribution in [1.29, 1.82) is 0 Å². The summed E-state index contributed by atoms with van der Waals surface area (Å²) in [6, 6.07) is 32.5. The smallest absolute Gasteiger partial charge is 0.122 e. The summed E-state index contributed by atoms with van der Waals surface area (Å²) in [5.41, 5.74) is 4.07. The van der Waals surface area contributed by atoms with E-state index in [4.69, 9.17) is 28.4 Å². The van der Waals surface area contributed by atoms with Crippen molar-refractivity contribution in [2.75, 3.05) is 39.6 Å². The minimum atomic E-state index is -0.796. The lowest BCUT2D eigenvalue weighted by atomic mass is 9.78. The van der Waals surface area contributed by atoms with Crippen molar-refractivity contribution in [3.63, 3.8) is 0 Å². The lowest BCUT2D eigenvalue weighted by Crippen LogP contribution is -2.25. The highest BCUT2D eigenvalue weighted by atomic mass is 16.6. The molecule has 7 nitrogen and oxygen atoms in total. The summed E-state index contributed by atoms with van der Waals surface area (Å²) in [6.45, 7) is 11.7. The number of aliphatic hydroxyl groups excluding tert-OH is 1. The van der Waals surface area contributed by atoms with Crippen molar-refractivity contribution in [3.05, 3.63) is 119 Å². The van der Waals surface area contributed by atoms with Gasteiger partial charge in [-0.15, -0.1) is 0 Å². The molecule has 0 bridgehead atoms. The van der Waals surface area contributed by atoms with Crippen LogP contribution in [0.4, 0.5) is 0 Å². The van der Waals surface area contributed by atoms with Gasteiger partial charge in [0.15, 0.2) is 0 Å². The molecule has 0 aromatic heterocycles. The number of ether oxygens (including phenoxy) is 6. The molecule has 1 N–H and O–H groups in total. The van der Waals surface area contributed by atoms with E-state index in [1.165, 1.54) is 11.1 Å². The van der Waals surface area contributed by atoms with Crippen LogP contribution in [0.1, 0.15) is 49.9 Å². The van der Waals surface area contributed by atoms with Crippen molar-refractivity contribution < 1.29 is 33.5 Å². The molecule has 2 saturated heterocycles. The predicted molar refractivity (Wildman–Crippen MR) is 177 cm³/mol. The molecule has 0 aliphatic carbocycles. The number of rotatable bonds is 16. The van der Waals surface area contributed by atoms with Gasteiger partial charge in [0.1, 0.15) is 67.7 Å². The van der Waals surface area contributed by atoms with Gasteiger partial charge in [0.2, 0.25) is 0 Å². The van der Waals surface area contributed by atoms with E-state index >= 15 is 0 Å². The Morgan fingerprint density at radius 1 is 0.565 bits per heavy atom. The molecule has 46 heavy (non-hydrogen) atoms. The van der Waals surface area contributed by atoms with Gasteiger partial charge in [0.25, 0.3) is 0 Å². The molecular formula is C39H44O7. The second-order valence-electron chi connectivity index (χ2n) is 13.2. The van der Waals surface area contributed by atoms with Crippen molar-refractivity contribution in [2.24, 2.45) is 0 Å². The van der Waals surface area contributed by atoms with Gasteiger partial charge >= 0.3 is 0 Å². The average Bonchev–Trinajstić information content (AvgIpc) is 4.01. The molecular weight excluding hydrogens is 580 g/mol. The molecule has 4 aromatic carbocycles. The van der Waals surface area contributed by atoms with Gasteiger partial charge in [-0.25, -0.2) is 0 Å². The zero-order valence-electron chi connectivity index (χ0n) is 27.1. The molecule has 2 atom stereocenters. The second kappa shape index (κ2) is 13.8. The Bertz CT molecular complexity index is 1450. The molecule has 7 heteroatoms. The molecule has 4 aromatic rings. The van der Waals surface area contributed by atoms with Gasteiger partial charge in [-0.1, -0.05) is 76.2 Å². The van der Waals surface area contributed by atoms with Crippen molar-refractivity contribution in [3.8, 4) is 23.0 Å². The summed E-state index contributed by atoms with van der Waals surface area (Å²) in [5.74, 6) is 3.09. The van der Waals surface area contributed by atoms with E-state index in [1.807, 2.05) is 60.7 Å². The molecule has 0 spiro atoms. The Kier molecular flexibility index (Phi) is 9.54. The van der Waals surface area contributed by atoms with Crippen molar-refractivity contribution in [1.82, 2.24) is 0 Å². The van der Waals surface area contributed by atoms with Gasteiger partial charge in [0, 0.05) is 10.8 Å². The highest BCUT2D eigenvalue weighted by Crippen LogP contribution is 2.36. The van der Waals surface area contributed by atoms with Gasteiger partial charge < -0.3 is 33.5 Å². The molecule has 2 unspecified atom stereocenters. The van der Waals surface area contributed by atoms with Gasteiger partial charge in [0.05, 0.1) is 13.2 Å². The van der Waals surface area contributed by atoms with Crippen LogP contribution in [0, 0.1) is 0 Å². The molecule has 2 fully saturated rings. The van der Waals surface area contributed by atoms with Gasteiger partial charge in [-0.05, 0) is 70.8 Å². The van der Waals surface area contributed by atoms with E-state index in [1.54, 1.807) is 0 Å². The Hall–Kier alpha value is -4.04. The van der Waals surface area contributed by atoms with E-state index in [2.05, 4.69) is 64.1 Å². The van der Waals surface area contributed by atoms with Crippen LogP contribution in [0.5, 0.6) is 23.0 Å². The Balaban J connectivity index is 1.00. The van der Waals surface area contributed by atoms with Crippen LogP contribution in [0.15, 0.2) is 97.1 Å². The number of epoxide rings is 2. The van der Waals surface area contributed by atoms with Crippen LogP contribution >= 0.6 is 0 Å². The Morgan fingerprint density at radius 3 is 1.33 bits per heavy atom. The summed E-state index contributed by atoms with van der Waals surface area (Å²) in [7, 11) is 0. The first kappa shape index (κ1) is 31.9. The molecule has 242 valence electrons. The van der Waals surface area contributed by atoms with E-state index in [0.717, 1.165) is 35.8 Å². The van der Waals surface area contributed by atoms with E-state index in [-0.39, 0.29) is 36.3 Å². The maximum atomic E-state index is 10.7. The predicted octanol–water partition coefficient (Wildman–Crippen LogP) is 6.71. The zero-order valence-corrected chi connectivity index (χ0v) is 27.1. The highest BCUT2D eigenvalue weighted by molar-refractivity contribution is 5.44. The zero-order chi connectivity index (χ0) is 32.1. The van der Waals surface area contributed by atoms with Crippen LogP contribution in [0.2, 0.25) is 0 Å². The number of hydrogen-bond acceptors (Lipinski definition) is 7. The van der Waals surface area contributed by atoms with Crippen molar-refractivity contribution >= 4 is 0 Å². The van der Waals surface area contributed by atoms with Crippen LogP contribution in [-0.4, -0.2) is 63.1 Å². The molecule has 2 heterocycles. The molecule has 0 saturated carbocycles. The van der Waals surface area contributed by atoms with E-state index in [9.17, 15) is 5.11 Å². The molecule has 2 aliphatic heterocycles. The van der Waals surface area contributed by atoms with Crippen molar-refractivity contribution in [2.45, 2.75) is 56.8 Å². The maximum Gasteiger partial charge on any atom is 0.122 e. The first-order chi connectivity index (χ1) is 22.2. The van der Waals surface area contributed by atoms with Crippen LogP contribution in [-0.2, 0) is 20.3 Å². The summed E-state index contributed by atoms with van der Waals surface area (Å²) < 4.78 is 34.1. The summed E-state index contributed by atoms with van der Waals surface area (Å²) >= 11 is 0. The second-order valence-corrected chi connectivity index (χ2v) is 13.2. The fourth-order valence-electron chi connectivity index (χ4n) is 5.36. The number of aliphatic hydroxyl groups is 1. The van der Waals surface area contributed by atoms with E-state index in [0.29, 0.717) is 24.7 Å².